The SMILES string of the molecule is Cc1ccccc1CNC(=O)/C=C/c1cnc2ccccc2n1. The van der Waals surface area contributed by atoms with Crippen molar-refractivity contribution in [2.75, 3.05) is 0 Å². The van der Waals surface area contributed by atoms with Crippen LogP contribution in [0.5, 0.6) is 0 Å². The summed E-state index contributed by atoms with van der Waals surface area (Å²) in [6, 6.07) is 15.6. The van der Waals surface area contributed by atoms with E-state index in [0.717, 1.165) is 22.2 Å². The average molecular weight is 303 g/mol. The Morgan fingerprint density at radius 2 is 1.83 bits per heavy atom. The van der Waals surface area contributed by atoms with Gasteiger partial charge in [0.15, 0.2) is 0 Å². The van der Waals surface area contributed by atoms with Crippen molar-refractivity contribution in [3.63, 3.8) is 0 Å². The summed E-state index contributed by atoms with van der Waals surface area (Å²) in [5.41, 5.74) is 4.59. The molecule has 23 heavy (non-hydrogen) atoms. The first kappa shape index (κ1) is 14.9. The molecule has 0 spiro atoms. The smallest absolute Gasteiger partial charge is 0.244 e. The van der Waals surface area contributed by atoms with E-state index in [2.05, 4.69) is 15.3 Å². The molecule has 4 heteroatoms. The second kappa shape index (κ2) is 6.83. The summed E-state index contributed by atoms with van der Waals surface area (Å²) in [5, 5.41) is 2.87. The van der Waals surface area contributed by atoms with Gasteiger partial charge in [-0.15, -0.1) is 0 Å². The van der Waals surface area contributed by atoms with Crippen LogP contribution in [0, 0.1) is 6.92 Å². The Bertz CT molecular complexity index is 871. The van der Waals surface area contributed by atoms with Crippen molar-refractivity contribution in [3.8, 4) is 0 Å². The van der Waals surface area contributed by atoms with Crippen LogP contribution in [0.15, 0.2) is 60.8 Å². The zero-order valence-electron chi connectivity index (χ0n) is 12.9. The third kappa shape index (κ3) is 3.80. The van der Waals surface area contributed by atoms with Gasteiger partial charge in [-0.3, -0.25) is 9.78 Å². The van der Waals surface area contributed by atoms with Crippen molar-refractivity contribution in [2.45, 2.75) is 13.5 Å². The molecule has 0 aliphatic rings. The lowest BCUT2D eigenvalue weighted by atomic mass is 10.1. The van der Waals surface area contributed by atoms with E-state index in [1.807, 2.05) is 55.5 Å². The van der Waals surface area contributed by atoms with Crippen molar-refractivity contribution in [1.82, 2.24) is 15.3 Å². The van der Waals surface area contributed by atoms with Crippen LogP contribution in [0.3, 0.4) is 0 Å². The molecule has 0 aliphatic heterocycles. The number of aryl methyl sites for hydroxylation is 1. The average Bonchev–Trinajstić information content (AvgIpc) is 2.59. The largest absolute Gasteiger partial charge is 0.348 e. The highest BCUT2D eigenvalue weighted by molar-refractivity contribution is 5.91. The second-order valence-electron chi connectivity index (χ2n) is 5.26. The van der Waals surface area contributed by atoms with Crippen molar-refractivity contribution in [3.05, 3.63) is 77.6 Å². The van der Waals surface area contributed by atoms with Crippen molar-refractivity contribution >= 4 is 23.0 Å². The quantitative estimate of drug-likeness (QED) is 0.753. The number of hydrogen-bond donors (Lipinski definition) is 1. The molecule has 3 aromatic rings. The number of para-hydroxylation sites is 2. The molecule has 114 valence electrons. The fraction of sp³-hybridized carbons (Fsp3) is 0.105. The van der Waals surface area contributed by atoms with Gasteiger partial charge < -0.3 is 5.32 Å². The number of hydrogen-bond acceptors (Lipinski definition) is 3. The Hall–Kier alpha value is -3.01. The first-order valence-corrected chi connectivity index (χ1v) is 7.44. The van der Waals surface area contributed by atoms with Gasteiger partial charge in [0.25, 0.3) is 0 Å². The number of rotatable bonds is 4. The maximum absolute atomic E-state index is 11.9. The van der Waals surface area contributed by atoms with Gasteiger partial charge in [0, 0.05) is 12.6 Å². The van der Waals surface area contributed by atoms with Crippen LogP contribution < -0.4 is 5.32 Å². The summed E-state index contributed by atoms with van der Waals surface area (Å²) < 4.78 is 0. The summed E-state index contributed by atoms with van der Waals surface area (Å²) in [6.07, 6.45) is 4.82. The van der Waals surface area contributed by atoms with Crippen LogP contribution >= 0.6 is 0 Å². The van der Waals surface area contributed by atoms with Crippen LogP contribution in [-0.2, 0) is 11.3 Å². The third-order valence-corrected chi connectivity index (χ3v) is 3.59. The molecule has 0 radical (unpaired) electrons. The maximum Gasteiger partial charge on any atom is 0.244 e. The van der Waals surface area contributed by atoms with E-state index in [1.165, 1.54) is 6.08 Å². The molecule has 0 unspecified atom stereocenters. The third-order valence-electron chi connectivity index (χ3n) is 3.59. The predicted octanol–water partition coefficient (Wildman–Crippen LogP) is 3.27. The summed E-state index contributed by atoms with van der Waals surface area (Å²) in [6.45, 7) is 2.54. The molecule has 0 bridgehead atoms. The minimum absolute atomic E-state index is 0.150. The van der Waals surface area contributed by atoms with Crippen LogP contribution in [0.25, 0.3) is 17.1 Å². The Kier molecular flexibility index (Phi) is 4.43. The molecule has 1 heterocycles. The number of aromatic nitrogens is 2. The molecular weight excluding hydrogens is 286 g/mol. The zero-order valence-corrected chi connectivity index (χ0v) is 12.9. The van der Waals surface area contributed by atoms with Crippen LogP contribution in [0.2, 0.25) is 0 Å². The number of carbonyl (C=O) groups is 1. The standard InChI is InChI=1S/C19H17N3O/c1-14-6-2-3-7-15(14)12-21-19(23)11-10-16-13-20-17-8-4-5-9-18(17)22-16/h2-11,13H,12H2,1H3,(H,21,23)/b11-10+. The van der Waals surface area contributed by atoms with Crippen molar-refractivity contribution in [2.24, 2.45) is 0 Å². The molecule has 3 rings (SSSR count). The Balaban J connectivity index is 1.64. The van der Waals surface area contributed by atoms with Gasteiger partial charge in [-0.25, -0.2) is 4.98 Å². The van der Waals surface area contributed by atoms with Crippen molar-refractivity contribution < 1.29 is 4.79 Å². The molecule has 1 amide bonds. The highest BCUT2D eigenvalue weighted by atomic mass is 16.1. The first-order chi connectivity index (χ1) is 11.2. The number of carbonyl (C=O) groups excluding carboxylic acids is 1. The van der Waals surface area contributed by atoms with Gasteiger partial charge in [0.1, 0.15) is 0 Å². The number of nitrogens with zero attached hydrogens (tertiary/aromatic N) is 2. The molecule has 0 aliphatic carbocycles. The molecule has 2 aromatic carbocycles. The van der Waals surface area contributed by atoms with E-state index in [9.17, 15) is 4.79 Å². The normalized spacial score (nSPS) is 11.0. The molecule has 4 nitrogen and oxygen atoms in total. The highest BCUT2D eigenvalue weighted by Crippen LogP contribution is 2.09. The van der Waals surface area contributed by atoms with Crippen LogP contribution in [0.1, 0.15) is 16.8 Å². The summed E-state index contributed by atoms with van der Waals surface area (Å²) in [7, 11) is 0. The summed E-state index contributed by atoms with van der Waals surface area (Å²) in [4.78, 5) is 20.7. The van der Waals surface area contributed by atoms with E-state index in [1.54, 1.807) is 12.3 Å². The molecule has 1 N–H and O–H groups in total. The van der Waals surface area contributed by atoms with Gasteiger partial charge in [0.05, 0.1) is 22.9 Å². The van der Waals surface area contributed by atoms with E-state index in [4.69, 9.17) is 0 Å². The molecule has 1 aromatic heterocycles. The summed E-state index contributed by atoms with van der Waals surface area (Å²) in [5.74, 6) is -0.150. The molecular formula is C19H17N3O. The number of benzene rings is 2. The molecule has 0 fully saturated rings. The Morgan fingerprint density at radius 3 is 2.65 bits per heavy atom. The molecule has 0 saturated carbocycles. The Morgan fingerprint density at radius 1 is 1.09 bits per heavy atom. The van der Waals surface area contributed by atoms with E-state index in [-0.39, 0.29) is 5.91 Å². The van der Waals surface area contributed by atoms with Gasteiger partial charge in [-0.1, -0.05) is 36.4 Å². The fourth-order valence-electron chi connectivity index (χ4n) is 2.26. The fourth-order valence-corrected chi connectivity index (χ4v) is 2.26. The van der Waals surface area contributed by atoms with Gasteiger partial charge in [-0.05, 0) is 36.3 Å². The maximum atomic E-state index is 11.9. The van der Waals surface area contributed by atoms with Crippen LogP contribution in [-0.4, -0.2) is 15.9 Å². The van der Waals surface area contributed by atoms with E-state index in [0.29, 0.717) is 12.2 Å². The second-order valence-corrected chi connectivity index (χ2v) is 5.26. The lowest BCUT2D eigenvalue weighted by molar-refractivity contribution is -0.116. The zero-order chi connectivity index (χ0) is 16.1. The van der Waals surface area contributed by atoms with E-state index < -0.39 is 0 Å². The van der Waals surface area contributed by atoms with Gasteiger partial charge >= 0.3 is 0 Å². The Labute approximate surface area is 134 Å². The topological polar surface area (TPSA) is 54.9 Å². The predicted molar refractivity (Wildman–Crippen MR) is 91.6 cm³/mol. The van der Waals surface area contributed by atoms with Gasteiger partial charge in [0.2, 0.25) is 5.91 Å². The number of fused-ring (bicyclic) bond motifs is 1. The van der Waals surface area contributed by atoms with E-state index >= 15 is 0 Å². The molecule has 0 saturated heterocycles. The van der Waals surface area contributed by atoms with Crippen molar-refractivity contribution in [1.29, 1.82) is 0 Å². The summed E-state index contributed by atoms with van der Waals surface area (Å²) >= 11 is 0. The number of nitrogens with one attached hydrogen (secondary N) is 1. The van der Waals surface area contributed by atoms with Gasteiger partial charge in [-0.2, -0.15) is 0 Å². The first-order valence-electron chi connectivity index (χ1n) is 7.44. The minimum Gasteiger partial charge on any atom is -0.348 e. The highest BCUT2D eigenvalue weighted by Gasteiger charge is 2.00. The lowest BCUT2D eigenvalue weighted by Gasteiger charge is -2.05. The molecule has 0 atom stereocenters. The van der Waals surface area contributed by atoms with Crippen LogP contribution in [0.4, 0.5) is 0 Å². The number of amides is 1. The lowest BCUT2D eigenvalue weighted by Crippen LogP contribution is -2.20. The minimum atomic E-state index is -0.150. The monoisotopic (exact) mass is 303 g/mol.